The molecule has 2 N–H and O–H groups in total. The Bertz CT molecular complexity index is 735. The van der Waals surface area contributed by atoms with Gasteiger partial charge in [-0.1, -0.05) is 0 Å². The van der Waals surface area contributed by atoms with Gasteiger partial charge >= 0.3 is 5.97 Å². The fourth-order valence-electron chi connectivity index (χ4n) is 1.87. The van der Waals surface area contributed by atoms with E-state index in [0.29, 0.717) is 31.6 Å². The number of aromatic amines is 1. The van der Waals surface area contributed by atoms with Crippen LogP contribution in [0.1, 0.15) is 10.5 Å². The van der Waals surface area contributed by atoms with Crippen molar-refractivity contribution in [2.75, 3.05) is 21.3 Å². The van der Waals surface area contributed by atoms with Crippen LogP contribution in [0.4, 0.5) is 0 Å². The first-order valence-corrected chi connectivity index (χ1v) is 7.01. The predicted molar refractivity (Wildman–Crippen MR) is 81.6 cm³/mol. The molecule has 2 aromatic rings. The SMILES string of the molecule is COc1cc(OC)c(-c2sc(=S)[nH]c2C(=O)O)cc1OC. The standard InChI is InChI=1S/C13H13NO5S2/c1-17-7-5-9(19-3)8(18-2)4-6(7)11-10(12(15)16)14-13(20)21-11/h4-5H,1-3H3,(H,14,20)(H,15,16). The summed E-state index contributed by atoms with van der Waals surface area (Å²) in [7, 11) is 4.52. The lowest BCUT2D eigenvalue weighted by Crippen LogP contribution is -2.00. The zero-order chi connectivity index (χ0) is 15.6. The topological polar surface area (TPSA) is 80.8 Å². The fourth-order valence-corrected chi connectivity index (χ4v) is 3.08. The quantitative estimate of drug-likeness (QED) is 0.821. The fraction of sp³-hybridized carbons (Fsp3) is 0.231. The van der Waals surface area contributed by atoms with Crippen molar-refractivity contribution in [3.63, 3.8) is 0 Å². The Morgan fingerprint density at radius 1 is 1.14 bits per heavy atom. The normalized spacial score (nSPS) is 10.2. The molecule has 0 saturated carbocycles. The van der Waals surface area contributed by atoms with Gasteiger partial charge in [0.05, 0.1) is 26.2 Å². The minimum atomic E-state index is -1.09. The van der Waals surface area contributed by atoms with E-state index >= 15 is 0 Å². The van der Waals surface area contributed by atoms with Crippen molar-refractivity contribution in [3.05, 3.63) is 21.8 Å². The van der Waals surface area contributed by atoms with Crippen molar-refractivity contribution >= 4 is 29.5 Å². The number of ether oxygens (including phenoxy) is 3. The first-order chi connectivity index (χ1) is 10.0. The summed E-state index contributed by atoms with van der Waals surface area (Å²) in [6.07, 6.45) is 0. The molecule has 0 fully saturated rings. The molecule has 8 heteroatoms. The summed E-state index contributed by atoms with van der Waals surface area (Å²) in [5.41, 5.74) is 0.598. The van der Waals surface area contributed by atoms with Gasteiger partial charge in [0.2, 0.25) is 0 Å². The number of carboxylic acid groups (broad SMARTS) is 1. The molecule has 0 saturated heterocycles. The van der Waals surface area contributed by atoms with Crippen molar-refractivity contribution in [1.82, 2.24) is 4.98 Å². The number of methoxy groups -OCH3 is 3. The van der Waals surface area contributed by atoms with Gasteiger partial charge in [-0.3, -0.25) is 0 Å². The molecule has 0 radical (unpaired) electrons. The number of rotatable bonds is 5. The third-order valence-electron chi connectivity index (χ3n) is 2.81. The smallest absolute Gasteiger partial charge is 0.353 e. The van der Waals surface area contributed by atoms with Gasteiger partial charge in [0.1, 0.15) is 11.4 Å². The number of H-pyrrole nitrogens is 1. The number of thiazole rings is 1. The Labute approximate surface area is 129 Å². The zero-order valence-corrected chi connectivity index (χ0v) is 13.2. The summed E-state index contributed by atoms with van der Waals surface area (Å²) in [5, 5.41) is 9.26. The minimum absolute atomic E-state index is 0.0236. The van der Waals surface area contributed by atoms with E-state index in [1.54, 1.807) is 12.1 Å². The molecular formula is C13H13NO5S2. The molecule has 1 heterocycles. The van der Waals surface area contributed by atoms with Crippen molar-refractivity contribution in [2.24, 2.45) is 0 Å². The molecule has 112 valence electrons. The monoisotopic (exact) mass is 327 g/mol. The molecule has 0 atom stereocenters. The predicted octanol–water partition coefficient (Wildman–Crippen LogP) is 3.20. The molecule has 0 unspecified atom stereocenters. The van der Waals surface area contributed by atoms with Crippen molar-refractivity contribution in [1.29, 1.82) is 0 Å². The van der Waals surface area contributed by atoms with E-state index in [4.69, 9.17) is 26.4 Å². The highest BCUT2D eigenvalue weighted by molar-refractivity contribution is 7.73. The third kappa shape index (κ3) is 2.86. The number of nitrogens with one attached hydrogen (secondary N) is 1. The molecule has 0 amide bonds. The van der Waals surface area contributed by atoms with Crippen LogP contribution in [0.3, 0.4) is 0 Å². The van der Waals surface area contributed by atoms with Crippen molar-refractivity contribution in [3.8, 4) is 27.7 Å². The van der Waals surface area contributed by atoms with Gasteiger partial charge in [0.25, 0.3) is 0 Å². The van der Waals surface area contributed by atoms with Crippen LogP contribution in [0.25, 0.3) is 10.4 Å². The number of hydrogen-bond donors (Lipinski definition) is 2. The Balaban J connectivity index is 2.73. The van der Waals surface area contributed by atoms with E-state index < -0.39 is 5.97 Å². The number of aromatic carboxylic acids is 1. The van der Waals surface area contributed by atoms with Crippen LogP contribution in [0.5, 0.6) is 17.2 Å². The second-order valence-electron chi connectivity index (χ2n) is 3.93. The van der Waals surface area contributed by atoms with Crippen LogP contribution in [0.2, 0.25) is 0 Å². The first-order valence-electron chi connectivity index (χ1n) is 5.78. The highest BCUT2D eigenvalue weighted by Gasteiger charge is 2.21. The zero-order valence-electron chi connectivity index (χ0n) is 11.6. The van der Waals surface area contributed by atoms with E-state index in [0.717, 1.165) is 11.3 Å². The van der Waals surface area contributed by atoms with Crippen LogP contribution >= 0.6 is 23.6 Å². The summed E-state index contributed by atoms with van der Waals surface area (Å²) in [5.74, 6) is 0.354. The maximum absolute atomic E-state index is 11.3. The lowest BCUT2D eigenvalue weighted by molar-refractivity contribution is 0.0692. The van der Waals surface area contributed by atoms with Gasteiger partial charge in [-0.25, -0.2) is 4.79 Å². The molecule has 0 aliphatic carbocycles. The maximum atomic E-state index is 11.3. The molecule has 21 heavy (non-hydrogen) atoms. The van der Waals surface area contributed by atoms with E-state index in [2.05, 4.69) is 4.98 Å². The van der Waals surface area contributed by atoms with Gasteiger partial charge in [-0.05, 0) is 18.3 Å². The maximum Gasteiger partial charge on any atom is 0.353 e. The van der Waals surface area contributed by atoms with Crippen LogP contribution in [0, 0.1) is 3.95 Å². The Morgan fingerprint density at radius 3 is 2.24 bits per heavy atom. The van der Waals surface area contributed by atoms with E-state index in [9.17, 15) is 9.90 Å². The van der Waals surface area contributed by atoms with E-state index in [1.165, 1.54) is 21.3 Å². The highest BCUT2D eigenvalue weighted by atomic mass is 32.1. The average molecular weight is 327 g/mol. The Kier molecular flexibility index (Phi) is 4.49. The molecule has 1 aromatic carbocycles. The van der Waals surface area contributed by atoms with Gasteiger partial charge < -0.3 is 24.3 Å². The molecule has 1 aromatic heterocycles. The van der Waals surface area contributed by atoms with Gasteiger partial charge in [-0.2, -0.15) is 0 Å². The average Bonchev–Trinajstić information content (AvgIpc) is 2.87. The first kappa shape index (κ1) is 15.3. The molecule has 0 aliphatic rings. The van der Waals surface area contributed by atoms with Crippen LogP contribution in [-0.2, 0) is 0 Å². The summed E-state index contributed by atoms with van der Waals surface area (Å²) >= 11 is 6.19. The number of benzene rings is 1. The Morgan fingerprint density at radius 2 is 1.71 bits per heavy atom. The molecule has 0 aliphatic heterocycles. The lowest BCUT2D eigenvalue weighted by Gasteiger charge is -2.13. The highest BCUT2D eigenvalue weighted by Crippen LogP contribution is 2.42. The molecule has 0 bridgehead atoms. The number of aromatic nitrogens is 1. The molecule has 6 nitrogen and oxygen atoms in total. The van der Waals surface area contributed by atoms with Crippen molar-refractivity contribution < 1.29 is 24.1 Å². The minimum Gasteiger partial charge on any atom is -0.496 e. The summed E-state index contributed by atoms with van der Waals surface area (Å²) < 4.78 is 16.1. The number of hydrogen-bond acceptors (Lipinski definition) is 6. The van der Waals surface area contributed by atoms with Gasteiger partial charge in [-0.15, -0.1) is 11.3 Å². The van der Waals surface area contributed by atoms with Crippen LogP contribution in [-0.4, -0.2) is 37.4 Å². The third-order valence-corrected chi connectivity index (χ3v) is 4.08. The molecule has 0 spiro atoms. The van der Waals surface area contributed by atoms with Gasteiger partial charge in [0, 0.05) is 11.6 Å². The van der Waals surface area contributed by atoms with Crippen LogP contribution in [0.15, 0.2) is 12.1 Å². The molecular weight excluding hydrogens is 314 g/mol. The second-order valence-corrected chi connectivity index (χ2v) is 5.62. The molecule has 2 rings (SSSR count). The lowest BCUT2D eigenvalue weighted by atomic mass is 10.1. The van der Waals surface area contributed by atoms with Crippen molar-refractivity contribution in [2.45, 2.75) is 0 Å². The summed E-state index contributed by atoms with van der Waals surface area (Å²) in [6, 6.07) is 3.31. The number of carbonyl (C=O) groups is 1. The second kappa shape index (κ2) is 6.15. The van der Waals surface area contributed by atoms with E-state index in [1.807, 2.05) is 0 Å². The number of carboxylic acids is 1. The Hall–Kier alpha value is -2.06. The van der Waals surface area contributed by atoms with E-state index in [-0.39, 0.29) is 5.69 Å². The largest absolute Gasteiger partial charge is 0.496 e. The van der Waals surface area contributed by atoms with Gasteiger partial charge in [0.15, 0.2) is 15.5 Å². The summed E-state index contributed by atoms with van der Waals surface area (Å²) in [4.78, 5) is 14.5. The van der Waals surface area contributed by atoms with Crippen LogP contribution < -0.4 is 14.2 Å². The summed E-state index contributed by atoms with van der Waals surface area (Å²) in [6.45, 7) is 0.